The lowest BCUT2D eigenvalue weighted by Crippen LogP contribution is -2.31. The van der Waals surface area contributed by atoms with Crippen LogP contribution < -0.4 is 20.3 Å². The molecule has 1 amide bonds. The van der Waals surface area contributed by atoms with Crippen molar-refractivity contribution in [2.24, 2.45) is 0 Å². The van der Waals surface area contributed by atoms with Crippen LogP contribution in [-0.2, 0) is 11.2 Å². The van der Waals surface area contributed by atoms with Gasteiger partial charge in [-0.2, -0.15) is 0 Å². The van der Waals surface area contributed by atoms with E-state index in [0.717, 1.165) is 17.5 Å². The smallest absolute Gasteiger partial charge is 0.263 e. The van der Waals surface area contributed by atoms with Crippen molar-refractivity contribution in [2.75, 3.05) is 19.5 Å². The number of benzene rings is 2. The monoisotopic (exact) mass is 463 g/mol. The first-order valence-electron chi connectivity index (χ1n) is 10.6. The Labute approximate surface area is 195 Å². The van der Waals surface area contributed by atoms with Gasteiger partial charge in [0.1, 0.15) is 22.4 Å². The highest BCUT2D eigenvalue weighted by molar-refractivity contribution is 7.17. The number of carbonyl (C=O) groups excluding carboxylic acids is 1. The highest BCUT2D eigenvalue weighted by Crippen LogP contribution is 2.32. The van der Waals surface area contributed by atoms with Crippen molar-refractivity contribution < 1.29 is 14.3 Å². The molecule has 0 saturated heterocycles. The van der Waals surface area contributed by atoms with Gasteiger partial charge in [-0.1, -0.05) is 31.2 Å². The van der Waals surface area contributed by atoms with Crippen LogP contribution in [0.2, 0.25) is 0 Å². The molecule has 0 aliphatic rings. The zero-order valence-electron chi connectivity index (χ0n) is 18.9. The molecule has 4 aromatic rings. The number of aryl methyl sites for hydroxylation is 1. The molecule has 8 heteroatoms. The van der Waals surface area contributed by atoms with E-state index in [2.05, 4.69) is 29.4 Å². The second-order valence-corrected chi connectivity index (χ2v) is 8.43. The van der Waals surface area contributed by atoms with Gasteiger partial charge in [-0.25, -0.2) is 4.98 Å². The van der Waals surface area contributed by atoms with Crippen LogP contribution in [0.25, 0.3) is 21.3 Å². The third-order valence-corrected chi connectivity index (χ3v) is 6.54. The Morgan fingerprint density at radius 1 is 1.15 bits per heavy atom. The molecule has 1 atom stereocenters. The second-order valence-electron chi connectivity index (χ2n) is 7.57. The topological polar surface area (TPSA) is 82.5 Å². The van der Waals surface area contributed by atoms with Crippen LogP contribution >= 0.6 is 11.3 Å². The number of aromatic nitrogens is 2. The van der Waals surface area contributed by atoms with Gasteiger partial charge in [0.05, 0.1) is 31.6 Å². The lowest BCUT2D eigenvalue weighted by Gasteiger charge is -2.17. The van der Waals surface area contributed by atoms with Crippen LogP contribution in [0.3, 0.4) is 0 Å². The molecule has 0 spiro atoms. The van der Waals surface area contributed by atoms with Gasteiger partial charge < -0.3 is 14.8 Å². The molecular formula is C25H25N3O4S. The predicted octanol–water partition coefficient (Wildman–Crippen LogP) is 4.90. The van der Waals surface area contributed by atoms with Crippen molar-refractivity contribution in [3.05, 3.63) is 70.1 Å². The number of fused-ring (bicyclic) bond motifs is 1. The molecule has 0 aliphatic heterocycles. The summed E-state index contributed by atoms with van der Waals surface area (Å²) in [6.07, 6.45) is 2.38. The van der Waals surface area contributed by atoms with Crippen LogP contribution in [0.4, 0.5) is 5.69 Å². The third-order valence-electron chi connectivity index (χ3n) is 5.65. The van der Waals surface area contributed by atoms with E-state index < -0.39 is 6.04 Å². The van der Waals surface area contributed by atoms with E-state index in [1.54, 1.807) is 32.2 Å². The van der Waals surface area contributed by atoms with E-state index in [-0.39, 0.29) is 11.5 Å². The number of carbonyl (C=O) groups is 1. The molecule has 0 aliphatic carbocycles. The first-order valence-corrected chi connectivity index (χ1v) is 11.4. The Balaban J connectivity index is 1.69. The quantitative estimate of drug-likeness (QED) is 0.421. The molecular weight excluding hydrogens is 438 g/mol. The minimum absolute atomic E-state index is 0.254. The molecule has 4 rings (SSSR count). The summed E-state index contributed by atoms with van der Waals surface area (Å²) < 4.78 is 11.9. The van der Waals surface area contributed by atoms with Crippen molar-refractivity contribution >= 4 is 33.1 Å². The van der Waals surface area contributed by atoms with E-state index in [1.165, 1.54) is 34.9 Å². The van der Waals surface area contributed by atoms with Gasteiger partial charge in [0, 0.05) is 17.0 Å². The number of hydrogen-bond donors (Lipinski definition) is 1. The van der Waals surface area contributed by atoms with Crippen LogP contribution in [0.5, 0.6) is 11.5 Å². The molecule has 33 heavy (non-hydrogen) atoms. The lowest BCUT2D eigenvalue weighted by atomic mass is 10.0. The summed E-state index contributed by atoms with van der Waals surface area (Å²) in [5.41, 5.74) is 3.21. The summed E-state index contributed by atoms with van der Waals surface area (Å²) in [5, 5.41) is 5.29. The highest BCUT2D eigenvalue weighted by Gasteiger charge is 2.21. The van der Waals surface area contributed by atoms with Crippen molar-refractivity contribution in [2.45, 2.75) is 26.3 Å². The number of hydrogen-bond acceptors (Lipinski definition) is 6. The minimum atomic E-state index is -0.791. The molecule has 2 heterocycles. The van der Waals surface area contributed by atoms with Gasteiger partial charge in [0.25, 0.3) is 5.56 Å². The summed E-state index contributed by atoms with van der Waals surface area (Å²) in [6.45, 7) is 3.77. The second kappa shape index (κ2) is 9.46. The van der Waals surface area contributed by atoms with Crippen LogP contribution in [0.1, 0.15) is 25.5 Å². The summed E-state index contributed by atoms with van der Waals surface area (Å²) in [4.78, 5) is 31.6. The van der Waals surface area contributed by atoms with E-state index in [9.17, 15) is 9.59 Å². The third kappa shape index (κ3) is 4.34. The van der Waals surface area contributed by atoms with Crippen LogP contribution in [0.15, 0.2) is 59.0 Å². The number of ether oxygens (including phenoxy) is 2. The molecule has 7 nitrogen and oxygen atoms in total. The molecule has 0 radical (unpaired) electrons. The SMILES string of the molecule is CCc1ccc(-c2csc3ncn(C(C)C(=O)Nc4cc(OC)ccc4OC)c(=O)c23)cc1. The Bertz CT molecular complexity index is 1360. The van der Waals surface area contributed by atoms with Crippen molar-refractivity contribution in [3.63, 3.8) is 0 Å². The largest absolute Gasteiger partial charge is 0.497 e. The summed E-state index contributed by atoms with van der Waals surface area (Å²) in [6, 6.07) is 12.5. The maximum absolute atomic E-state index is 13.4. The van der Waals surface area contributed by atoms with Gasteiger partial charge in [0.2, 0.25) is 5.91 Å². The number of nitrogens with zero attached hydrogens (tertiary/aromatic N) is 2. The summed E-state index contributed by atoms with van der Waals surface area (Å²) in [5.74, 6) is 0.706. The highest BCUT2D eigenvalue weighted by atomic mass is 32.1. The number of methoxy groups -OCH3 is 2. The first-order chi connectivity index (χ1) is 16.0. The maximum Gasteiger partial charge on any atom is 0.263 e. The fraction of sp³-hybridized carbons (Fsp3) is 0.240. The molecule has 0 fully saturated rings. The fourth-order valence-corrected chi connectivity index (χ4v) is 4.54. The Hall–Kier alpha value is -3.65. The van der Waals surface area contributed by atoms with Crippen molar-refractivity contribution in [3.8, 4) is 22.6 Å². The Kier molecular flexibility index (Phi) is 6.46. The Morgan fingerprint density at radius 3 is 2.58 bits per heavy atom. The van der Waals surface area contributed by atoms with Gasteiger partial charge in [-0.15, -0.1) is 11.3 Å². The molecule has 1 unspecified atom stereocenters. The van der Waals surface area contributed by atoms with Gasteiger partial charge >= 0.3 is 0 Å². The summed E-state index contributed by atoms with van der Waals surface area (Å²) >= 11 is 1.42. The maximum atomic E-state index is 13.4. The fourth-order valence-electron chi connectivity index (χ4n) is 3.63. The van der Waals surface area contributed by atoms with E-state index >= 15 is 0 Å². The molecule has 1 N–H and O–H groups in total. The average Bonchev–Trinajstić information content (AvgIpc) is 3.29. The number of thiophene rings is 1. The van der Waals surface area contributed by atoms with Gasteiger partial charge in [-0.3, -0.25) is 14.2 Å². The zero-order chi connectivity index (χ0) is 23.5. The molecule has 0 bridgehead atoms. The molecule has 2 aromatic carbocycles. The summed E-state index contributed by atoms with van der Waals surface area (Å²) in [7, 11) is 3.07. The normalized spacial score (nSPS) is 11.9. The molecule has 0 saturated carbocycles. The average molecular weight is 464 g/mol. The van der Waals surface area contributed by atoms with E-state index in [4.69, 9.17) is 9.47 Å². The number of nitrogens with one attached hydrogen (secondary N) is 1. The zero-order valence-corrected chi connectivity index (χ0v) is 19.7. The molecule has 170 valence electrons. The number of amides is 1. The van der Waals surface area contributed by atoms with Crippen LogP contribution in [0, 0.1) is 0 Å². The van der Waals surface area contributed by atoms with Crippen LogP contribution in [-0.4, -0.2) is 29.7 Å². The lowest BCUT2D eigenvalue weighted by molar-refractivity contribution is -0.118. The van der Waals surface area contributed by atoms with Gasteiger partial charge in [-0.05, 0) is 36.6 Å². The predicted molar refractivity (Wildman–Crippen MR) is 132 cm³/mol. The minimum Gasteiger partial charge on any atom is -0.497 e. The van der Waals surface area contributed by atoms with Gasteiger partial charge in [0.15, 0.2) is 0 Å². The number of rotatable bonds is 7. The van der Waals surface area contributed by atoms with E-state index in [1.807, 2.05) is 17.5 Å². The molecule has 2 aromatic heterocycles. The van der Waals surface area contributed by atoms with E-state index in [0.29, 0.717) is 27.4 Å². The first kappa shape index (κ1) is 22.5. The van der Waals surface area contributed by atoms with Crippen molar-refractivity contribution in [1.29, 1.82) is 0 Å². The van der Waals surface area contributed by atoms with Crippen molar-refractivity contribution in [1.82, 2.24) is 9.55 Å². The number of anilines is 1. The Morgan fingerprint density at radius 2 is 1.91 bits per heavy atom. The standard InChI is InChI=1S/C25H25N3O4S/c1-5-16-6-8-17(9-7-16)19-13-33-24-22(19)25(30)28(14-26-24)15(2)23(29)27-20-12-18(31-3)10-11-21(20)32-4/h6-15H,5H2,1-4H3,(H,27,29).